The Morgan fingerprint density at radius 3 is 2.62 bits per heavy atom. The highest BCUT2D eigenvalue weighted by Gasteiger charge is 2.55. The number of carboxylic acids is 1. The number of carbonyl (C=O) groups is 1. The van der Waals surface area contributed by atoms with E-state index in [1.807, 2.05) is 24.3 Å². The summed E-state index contributed by atoms with van der Waals surface area (Å²) in [6.07, 6.45) is 2.45. The third-order valence-corrected chi connectivity index (χ3v) is 6.30. The number of likely N-dealkylation sites (tertiary alicyclic amines) is 1. The van der Waals surface area contributed by atoms with Crippen molar-refractivity contribution in [2.45, 2.75) is 37.3 Å². The quantitative estimate of drug-likeness (QED) is 0.880. The highest BCUT2D eigenvalue weighted by atomic mass is 16.4. The van der Waals surface area contributed by atoms with Crippen LogP contribution in [0.2, 0.25) is 0 Å². The number of hydrogen-bond acceptors (Lipinski definition) is 1. The van der Waals surface area contributed by atoms with Crippen molar-refractivity contribution < 1.29 is 14.4 Å². The Labute approximate surface area is 143 Å². The second kappa shape index (κ2) is 5.45. The summed E-state index contributed by atoms with van der Waals surface area (Å²) in [4.78, 5) is 12.2. The minimum Gasteiger partial charge on any atom is -0.481 e. The smallest absolute Gasteiger partial charge is 0.314 e. The van der Waals surface area contributed by atoms with E-state index in [4.69, 9.17) is 0 Å². The Balaban J connectivity index is 1.73. The minimum atomic E-state index is -0.687. The summed E-state index contributed by atoms with van der Waals surface area (Å²) in [6, 6.07) is 19.1. The van der Waals surface area contributed by atoms with Crippen LogP contribution in [0.3, 0.4) is 0 Å². The van der Waals surface area contributed by atoms with Crippen molar-refractivity contribution in [1.29, 1.82) is 0 Å². The Hall–Kier alpha value is -2.13. The molecule has 1 aliphatic carbocycles. The first kappa shape index (κ1) is 15.4. The van der Waals surface area contributed by atoms with Gasteiger partial charge in [0.1, 0.15) is 12.0 Å². The lowest BCUT2D eigenvalue weighted by atomic mass is 9.63. The molecule has 1 N–H and O–H groups in total. The van der Waals surface area contributed by atoms with Gasteiger partial charge >= 0.3 is 5.97 Å². The number of quaternary nitrogens is 1. The normalized spacial score (nSPS) is 31.3. The average Bonchev–Trinajstić information content (AvgIpc) is 2.59. The molecular weight excluding hydrogens is 298 g/mol. The molecule has 2 aromatic carbocycles. The molecule has 2 aliphatic rings. The molecule has 2 bridgehead atoms. The lowest BCUT2D eigenvalue weighted by Gasteiger charge is -2.53. The monoisotopic (exact) mass is 322 g/mol. The van der Waals surface area contributed by atoms with Gasteiger partial charge in [0.25, 0.3) is 0 Å². The number of fused-ring (bicyclic) bond motifs is 4. The molecule has 124 valence electrons. The number of carboxylic acid groups (broad SMARTS) is 1. The van der Waals surface area contributed by atoms with Crippen molar-refractivity contribution in [3.05, 3.63) is 71.3 Å². The van der Waals surface area contributed by atoms with Crippen molar-refractivity contribution in [2.75, 3.05) is 13.6 Å². The molecule has 1 fully saturated rings. The Bertz CT molecular complexity index is 772. The number of likely N-dealkylation sites (N-methyl/N-ethyl adjacent to an activating group) is 1. The Kier molecular flexibility index (Phi) is 3.50. The second-order valence-corrected chi connectivity index (χ2v) is 7.70. The van der Waals surface area contributed by atoms with E-state index >= 15 is 0 Å². The van der Waals surface area contributed by atoms with E-state index in [0.29, 0.717) is 6.04 Å². The molecular formula is C21H24NO2+. The standard InChI is InChI=1S/C21H23NO2/c1-22(15-16-7-3-2-4-8-16)12-11-21(20(23)24)14-18(22)13-17-9-5-6-10-19(17)21/h2-10,18H,11-15H2,1H3/p+1/t18-,21+,22?/m0/s1. The zero-order chi connectivity index (χ0) is 16.8. The van der Waals surface area contributed by atoms with E-state index in [2.05, 4.69) is 37.4 Å². The van der Waals surface area contributed by atoms with E-state index < -0.39 is 11.4 Å². The molecule has 4 rings (SSSR count). The van der Waals surface area contributed by atoms with Gasteiger partial charge in [-0.05, 0) is 11.1 Å². The SMILES string of the molecule is C[N+]1(Cc2ccccc2)CC[C@@]2(C(=O)O)C[C@@H]1Cc1ccccc12. The van der Waals surface area contributed by atoms with Crippen LogP contribution in [0.25, 0.3) is 0 Å². The number of hydrogen-bond donors (Lipinski definition) is 1. The van der Waals surface area contributed by atoms with Gasteiger partial charge in [-0.1, -0.05) is 54.6 Å². The molecule has 0 spiro atoms. The molecule has 0 radical (unpaired) electrons. The van der Waals surface area contributed by atoms with Crippen molar-refractivity contribution >= 4 is 5.97 Å². The first-order valence-corrected chi connectivity index (χ1v) is 8.73. The van der Waals surface area contributed by atoms with E-state index in [-0.39, 0.29) is 0 Å². The maximum atomic E-state index is 12.2. The van der Waals surface area contributed by atoms with Crippen LogP contribution in [-0.2, 0) is 23.2 Å². The fraction of sp³-hybridized carbons (Fsp3) is 0.381. The van der Waals surface area contributed by atoms with Crippen LogP contribution in [0.4, 0.5) is 0 Å². The highest BCUT2D eigenvalue weighted by Crippen LogP contribution is 2.47. The molecule has 1 saturated heterocycles. The average molecular weight is 322 g/mol. The topological polar surface area (TPSA) is 37.3 Å². The highest BCUT2D eigenvalue weighted by molar-refractivity contribution is 5.82. The fourth-order valence-corrected chi connectivity index (χ4v) is 4.83. The van der Waals surface area contributed by atoms with Gasteiger partial charge in [-0.3, -0.25) is 4.79 Å². The predicted octanol–water partition coefficient (Wildman–Crippen LogP) is 3.37. The number of nitrogens with zero attached hydrogens (tertiary/aromatic N) is 1. The summed E-state index contributed by atoms with van der Waals surface area (Å²) in [5, 5.41) is 10.0. The molecule has 1 heterocycles. The summed E-state index contributed by atoms with van der Waals surface area (Å²) >= 11 is 0. The second-order valence-electron chi connectivity index (χ2n) is 7.70. The summed E-state index contributed by atoms with van der Waals surface area (Å²) in [7, 11) is 2.30. The molecule has 3 nitrogen and oxygen atoms in total. The van der Waals surface area contributed by atoms with Gasteiger partial charge < -0.3 is 9.59 Å². The predicted molar refractivity (Wildman–Crippen MR) is 93.7 cm³/mol. The van der Waals surface area contributed by atoms with Crippen LogP contribution in [-0.4, -0.2) is 35.2 Å². The summed E-state index contributed by atoms with van der Waals surface area (Å²) in [6.45, 7) is 1.89. The summed E-state index contributed by atoms with van der Waals surface area (Å²) < 4.78 is 0.938. The number of benzene rings is 2. The number of piperidine rings is 1. The van der Waals surface area contributed by atoms with Crippen LogP contribution in [0.5, 0.6) is 0 Å². The maximum Gasteiger partial charge on any atom is 0.314 e. The van der Waals surface area contributed by atoms with Crippen LogP contribution in [0.1, 0.15) is 29.5 Å². The molecule has 0 amide bonds. The van der Waals surface area contributed by atoms with Crippen LogP contribution >= 0.6 is 0 Å². The van der Waals surface area contributed by atoms with Crippen LogP contribution in [0.15, 0.2) is 54.6 Å². The van der Waals surface area contributed by atoms with Gasteiger partial charge in [-0.15, -0.1) is 0 Å². The molecule has 3 heteroatoms. The fourth-order valence-electron chi connectivity index (χ4n) is 4.83. The van der Waals surface area contributed by atoms with Crippen molar-refractivity contribution in [2.24, 2.45) is 0 Å². The molecule has 1 unspecified atom stereocenters. The first-order valence-electron chi connectivity index (χ1n) is 8.73. The third kappa shape index (κ3) is 2.27. The number of aliphatic carboxylic acids is 1. The van der Waals surface area contributed by atoms with E-state index in [0.717, 1.165) is 42.4 Å². The van der Waals surface area contributed by atoms with Crippen LogP contribution < -0.4 is 0 Å². The van der Waals surface area contributed by atoms with E-state index in [1.54, 1.807) is 0 Å². The third-order valence-electron chi connectivity index (χ3n) is 6.30. The Morgan fingerprint density at radius 1 is 1.17 bits per heavy atom. The van der Waals surface area contributed by atoms with Gasteiger partial charge in [0.15, 0.2) is 0 Å². The summed E-state index contributed by atoms with van der Waals surface area (Å²) in [5.74, 6) is -0.648. The minimum absolute atomic E-state index is 0.366. The van der Waals surface area contributed by atoms with Crippen molar-refractivity contribution in [3.63, 3.8) is 0 Å². The number of rotatable bonds is 3. The molecule has 0 saturated carbocycles. The molecule has 0 aromatic heterocycles. The van der Waals surface area contributed by atoms with Gasteiger partial charge in [-0.25, -0.2) is 0 Å². The van der Waals surface area contributed by atoms with E-state index in [9.17, 15) is 9.90 Å². The summed E-state index contributed by atoms with van der Waals surface area (Å²) in [5.41, 5.74) is 2.93. The van der Waals surface area contributed by atoms with Crippen molar-refractivity contribution in [3.8, 4) is 0 Å². The molecule has 3 atom stereocenters. The molecule has 1 aliphatic heterocycles. The maximum absolute atomic E-state index is 12.2. The molecule has 24 heavy (non-hydrogen) atoms. The van der Waals surface area contributed by atoms with Crippen LogP contribution in [0, 0.1) is 0 Å². The van der Waals surface area contributed by atoms with E-state index in [1.165, 1.54) is 11.1 Å². The van der Waals surface area contributed by atoms with Gasteiger partial charge in [0.05, 0.1) is 19.6 Å². The largest absolute Gasteiger partial charge is 0.481 e. The zero-order valence-electron chi connectivity index (χ0n) is 14.1. The van der Waals surface area contributed by atoms with Gasteiger partial charge in [0.2, 0.25) is 0 Å². The molecule has 2 aromatic rings. The van der Waals surface area contributed by atoms with Gasteiger partial charge in [-0.2, -0.15) is 0 Å². The van der Waals surface area contributed by atoms with Gasteiger partial charge in [0, 0.05) is 24.8 Å². The lowest BCUT2D eigenvalue weighted by molar-refractivity contribution is -0.952. The zero-order valence-corrected chi connectivity index (χ0v) is 14.1. The Morgan fingerprint density at radius 2 is 1.88 bits per heavy atom. The lowest BCUT2D eigenvalue weighted by Crippen LogP contribution is -2.64. The van der Waals surface area contributed by atoms with Crippen molar-refractivity contribution in [1.82, 2.24) is 0 Å². The first-order chi connectivity index (χ1) is 11.5.